The Hall–Kier alpha value is -3.73. The number of carboxylic acids is 1. The van der Waals surface area contributed by atoms with Crippen LogP contribution in [0, 0.1) is 19.3 Å². The molecule has 242 valence electrons. The molecule has 45 heavy (non-hydrogen) atoms. The molecule has 3 aromatic rings. The van der Waals surface area contributed by atoms with E-state index in [0.717, 1.165) is 71.8 Å². The summed E-state index contributed by atoms with van der Waals surface area (Å²) in [5, 5.41) is 10.4. The molecule has 0 amide bonds. The van der Waals surface area contributed by atoms with Crippen molar-refractivity contribution in [2.45, 2.75) is 92.2 Å². The van der Waals surface area contributed by atoms with Crippen LogP contribution in [-0.4, -0.2) is 51.3 Å². The molecule has 4 heterocycles. The summed E-state index contributed by atoms with van der Waals surface area (Å²) in [6.07, 6.45) is -2.10. The Balaban J connectivity index is 1.59. The lowest BCUT2D eigenvalue weighted by Crippen LogP contribution is -2.39. The highest BCUT2D eigenvalue weighted by Gasteiger charge is 2.37. The number of ether oxygens (including phenoxy) is 1. The van der Waals surface area contributed by atoms with Gasteiger partial charge in [0.15, 0.2) is 6.10 Å². The molecular formula is C34H42F3N5O3. The van der Waals surface area contributed by atoms with Gasteiger partial charge in [-0.1, -0.05) is 32.0 Å². The number of nitrogens with zero attached hydrogens (tertiary/aromatic N) is 5. The van der Waals surface area contributed by atoms with Gasteiger partial charge in [-0.25, -0.2) is 14.8 Å². The van der Waals surface area contributed by atoms with Crippen LogP contribution < -0.4 is 9.80 Å². The van der Waals surface area contributed by atoms with E-state index in [0.29, 0.717) is 30.8 Å². The lowest BCUT2D eigenvalue weighted by Gasteiger charge is -2.41. The van der Waals surface area contributed by atoms with Crippen LogP contribution >= 0.6 is 0 Å². The summed E-state index contributed by atoms with van der Waals surface area (Å²) in [5.41, 5.74) is 5.21. The molecule has 1 fully saturated rings. The largest absolute Gasteiger partial charge is 0.479 e. The summed E-state index contributed by atoms with van der Waals surface area (Å²) in [5.74, 6) is -1.01. The number of carboxylic acid groups (broad SMARTS) is 1. The molecular weight excluding hydrogens is 583 g/mol. The van der Waals surface area contributed by atoms with Gasteiger partial charge in [0.05, 0.1) is 11.3 Å². The number of aromatic nitrogens is 3. The van der Waals surface area contributed by atoms with Crippen LogP contribution in [0.4, 0.5) is 24.8 Å². The number of hydrogen-bond acceptors (Lipinski definition) is 7. The van der Waals surface area contributed by atoms with Crippen molar-refractivity contribution in [3.8, 4) is 11.1 Å². The van der Waals surface area contributed by atoms with E-state index < -0.39 is 29.5 Å². The number of benzene rings is 1. The van der Waals surface area contributed by atoms with Gasteiger partial charge in [-0.15, -0.1) is 0 Å². The smallest absolute Gasteiger partial charge is 0.433 e. The molecule has 2 aliphatic heterocycles. The Morgan fingerprint density at radius 3 is 2.29 bits per heavy atom. The van der Waals surface area contributed by atoms with Gasteiger partial charge in [0.2, 0.25) is 5.95 Å². The minimum absolute atomic E-state index is 0.0524. The summed E-state index contributed by atoms with van der Waals surface area (Å²) in [6, 6.07) is 6.98. The average molecular weight is 626 g/mol. The first-order valence-corrected chi connectivity index (χ1v) is 15.4. The van der Waals surface area contributed by atoms with Crippen molar-refractivity contribution in [1.82, 2.24) is 15.0 Å². The van der Waals surface area contributed by atoms with Gasteiger partial charge >= 0.3 is 12.1 Å². The third-order valence-electron chi connectivity index (χ3n) is 8.69. The predicted molar refractivity (Wildman–Crippen MR) is 167 cm³/mol. The fourth-order valence-corrected chi connectivity index (χ4v) is 6.29. The maximum absolute atomic E-state index is 13.3. The first-order valence-electron chi connectivity index (χ1n) is 15.4. The number of carbonyl (C=O) groups is 1. The number of alkyl halides is 3. The highest BCUT2D eigenvalue weighted by atomic mass is 19.4. The van der Waals surface area contributed by atoms with E-state index in [1.807, 2.05) is 46.8 Å². The number of pyridine rings is 1. The lowest BCUT2D eigenvalue weighted by molar-refractivity contribution is -0.160. The number of halogens is 3. The first-order chi connectivity index (χ1) is 20.9. The topological polar surface area (TPSA) is 91.7 Å². The number of fused-ring (bicyclic) bond motifs is 1. The summed E-state index contributed by atoms with van der Waals surface area (Å²) < 4.78 is 46.1. The first kappa shape index (κ1) is 32.7. The quantitative estimate of drug-likeness (QED) is 0.305. The Bertz CT molecular complexity index is 1590. The van der Waals surface area contributed by atoms with Gasteiger partial charge in [0, 0.05) is 54.9 Å². The second-order valence-electron chi connectivity index (χ2n) is 13.9. The molecule has 0 aliphatic carbocycles. The molecule has 2 aliphatic rings. The fourth-order valence-electron chi connectivity index (χ4n) is 6.29. The predicted octanol–water partition coefficient (Wildman–Crippen LogP) is 7.30. The zero-order valence-electron chi connectivity index (χ0n) is 27.0. The van der Waals surface area contributed by atoms with E-state index in [1.165, 1.54) is 0 Å². The number of hydrogen-bond donors (Lipinski definition) is 1. The number of anilines is 2. The van der Waals surface area contributed by atoms with Gasteiger partial charge in [-0.3, -0.25) is 4.98 Å². The van der Waals surface area contributed by atoms with Crippen molar-refractivity contribution in [2.75, 3.05) is 29.4 Å². The van der Waals surface area contributed by atoms with Crippen LogP contribution in [0.2, 0.25) is 0 Å². The number of rotatable bonds is 6. The Morgan fingerprint density at radius 2 is 1.67 bits per heavy atom. The minimum Gasteiger partial charge on any atom is -0.479 e. The summed E-state index contributed by atoms with van der Waals surface area (Å²) in [4.78, 5) is 29.6. The molecule has 11 heteroatoms. The summed E-state index contributed by atoms with van der Waals surface area (Å²) in [7, 11) is 0. The third kappa shape index (κ3) is 7.08. The SMILES string of the molecule is Cc1nc(C)c([C@H](OC(C)(C)C)C(=O)O)c(N2CCC(C)(C)CC2)c1-c1ccc2c(c1)CCN(c1nccc(C(F)(F)F)n1)C2. The van der Waals surface area contributed by atoms with Crippen LogP contribution in [0.1, 0.15) is 87.3 Å². The van der Waals surface area contributed by atoms with Crippen molar-refractivity contribution < 1.29 is 27.8 Å². The number of piperidine rings is 1. The fraction of sp³-hybridized carbons (Fsp3) is 0.529. The molecule has 1 saturated heterocycles. The standard InChI is InChI=1S/C34H42F3N5O3/c1-20-26(23-8-9-24-19-42(15-11-22(24)18-23)31-38-14-10-25(40-31)34(35,36)37)28(41-16-12-33(6,7)13-17-41)27(21(2)39-20)29(30(43)44)45-32(3,4)5/h8-10,14,18,29H,11-13,15-17,19H2,1-7H3,(H,43,44)/t29-/m0/s1. The van der Waals surface area contributed by atoms with Gasteiger partial charge in [0.1, 0.15) is 5.69 Å². The number of aliphatic carboxylic acids is 1. The van der Waals surface area contributed by atoms with E-state index in [4.69, 9.17) is 9.72 Å². The highest BCUT2D eigenvalue weighted by Crippen LogP contribution is 2.45. The van der Waals surface area contributed by atoms with Crippen LogP contribution in [0.15, 0.2) is 30.5 Å². The average Bonchev–Trinajstić information content (AvgIpc) is 2.94. The molecule has 0 radical (unpaired) electrons. The second-order valence-corrected chi connectivity index (χ2v) is 13.9. The van der Waals surface area contributed by atoms with E-state index in [-0.39, 0.29) is 11.4 Å². The van der Waals surface area contributed by atoms with E-state index >= 15 is 0 Å². The maximum Gasteiger partial charge on any atom is 0.433 e. The molecule has 0 unspecified atom stereocenters. The van der Waals surface area contributed by atoms with Crippen molar-refractivity contribution in [1.29, 1.82) is 0 Å². The zero-order valence-corrected chi connectivity index (χ0v) is 27.0. The molecule has 0 spiro atoms. The lowest BCUT2D eigenvalue weighted by atomic mass is 9.81. The van der Waals surface area contributed by atoms with Gasteiger partial charge < -0.3 is 19.6 Å². The monoisotopic (exact) mass is 625 g/mol. The van der Waals surface area contributed by atoms with Gasteiger partial charge in [-0.05, 0) is 82.1 Å². The molecule has 1 N–H and O–H groups in total. The third-order valence-corrected chi connectivity index (χ3v) is 8.69. The van der Waals surface area contributed by atoms with E-state index in [1.54, 1.807) is 4.90 Å². The molecule has 2 aromatic heterocycles. The minimum atomic E-state index is -4.54. The summed E-state index contributed by atoms with van der Waals surface area (Å²) >= 11 is 0. The zero-order chi connectivity index (χ0) is 32.9. The molecule has 0 bridgehead atoms. The molecule has 0 saturated carbocycles. The molecule has 1 aromatic carbocycles. The Kier molecular flexibility index (Phi) is 8.63. The van der Waals surface area contributed by atoms with Gasteiger partial charge in [0.25, 0.3) is 0 Å². The van der Waals surface area contributed by atoms with Crippen LogP contribution in [0.3, 0.4) is 0 Å². The van der Waals surface area contributed by atoms with E-state index in [9.17, 15) is 23.1 Å². The van der Waals surface area contributed by atoms with Crippen molar-refractivity contribution in [2.24, 2.45) is 5.41 Å². The number of aryl methyl sites for hydroxylation is 2. The second kappa shape index (κ2) is 11.9. The van der Waals surface area contributed by atoms with Crippen LogP contribution in [0.5, 0.6) is 0 Å². The molecule has 1 atom stereocenters. The van der Waals surface area contributed by atoms with Gasteiger partial charge in [-0.2, -0.15) is 13.2 Å². The normalized spacial score (nSPS) is 17.6. The summed E-state index contributed by atoms with van der Waals surface area (Å²) in [6.45, 7) is 16.3. The van der Waals surface area contributed by atoms with Crippen molar-refractivity contribution >= 4 is 17.6 Å². The van der Waals surface area contributed by atoms with Crippen molar-refractivity contribution in [3.05, 3.63) is 64.2 Å². The van der Waals surface area contributed by atoms with Crippen LogP contribution in [-0.2, 0) is 28.7 Å². The Morgan fingerprint density at radius 1 is 0.978 bits per heavy atom. The Labute approximate surface area is 262 Å². The maximum atomic E-state index is 13.3. The molecule has 5 rings (SSSR count). The highest BCUT2D eigenvalue weighted by molar-refractivity contribution is 5.88. The van der Waals surface area contributed by atoms with E-state index in [2.05, 4.69) is 34.8 Å². The van der Waals surface area contributed by atoms with Crippen LogP contribution in [0.25, 0.3) is 11.1 Å². The van der Waals surface area contributed by atoms with Crippen molar-refractivity contribution in [3.63, 3.8) is 0 Å². The molecule has 8 nitrogen and oxygen atoms in total.